The van der Waals surface area contributed by atoms with Gasteiger partial charge in [-0.15, -0.1) is 0 Å². The summed E-state index contributed by atoms with van der Waals surface area (Å²) in [6.07, 6.45) is 5.03. The number of piperazine rings is 1. The Morgan fingerprint density at radius 2 is 1.80 bits per heavy atom. The van der Waals surface area contributed by atoms with Gasteiger partial charge in [-0.1, -0.05) is 42.8 Å². The van der Waals surface area contributed by atoms with Crippen LogP contribution in [0.2, 0.25) is 0 Å². The molecule has 1 aliphatic carbocycles. The molecule has 0 radical (unpaired) electrons. The lowest BCUT2D eigenvalue weighted by atomic mass is 9.92. The summed E-state index contributed by atoms with van der Waals surface area (Å²) >= 11 is 0. The Balaban J connectivity index is 1.34. The molecule has 3 aliphatic rings. The highest BCUT2D eigenvalue weighted by molar-refractivity contribution is 5.94. The summed E-state index contributed by atoms with van der Waals surface area (Å²) < 4.78 is 12.4. The van der Waals surface area contributed by atoms with Crippen LogP contribution < -0.4 is 14.5 Å². The number of hydrogen-bond donors (Lipinski definition) is 0. The summed E-state index contributed by atoms with van der Waals surface area (Å²) in [5.74, 6) is 0.863. The van der Waals surface area contributed by atoms with E-state index in [2.05, 4.69) is 77.3 Å². The van der Waals surface area contributed by atoms with Crippen LogP contribution in [0, 0.1) is 11.3 Å². The fourth-order valence-corrected chi connectivity index (χ4v) is 7.22. The number of amides is 1. The van der Waals surface area contributed by atoms with Gasteiger partial charge in [0, 0.05) is 48.9 Å². The van der Waals surface area contributed by atoms with Gasteiger partial charge in [0.2, 0.25) is 0 Å². The Hall–Kier alpha value is -4.10. The molecule has 0 N–H and O–H groups in total. The molecule has 2 aromatic carbocycles. The molecular formula is C36H47N7O3. The Kier molecular flexibility index (Phi) is 9.23. The third kappa shape index (κ3) is 6.85. The Bertz CT molecular complexity index is 1590. The van der Waals surface area contributed by atoms with Crippen LogP contribution in [0.25, 0.3) is 10.8 Å². The molecule has 10 nitrogen and oxygen atoms in total. The lowest BCUT2D eigenvalue weighted by molar-refractivity contribution is 0.0144. The SMILES string of the molecule is CN(C)C1CCCC[C@@H]1Oc1nc2c(c(N3CCN(C(=O)OC(C)(C)C)C(CC#N)C3)n1)CCN(c1cccc3ccccc13)C2. The molecule has 2 fully saturated rings. The second-order valence-electron chi connectivity index (χ2n) is 14.0. The van der Waals surface area contributed by atoms with Crippen molar-refractivity contribution in [2.75, 3.05) is 50.1 Å². The molecule has 3 atom stereocenters. The van der Waals surface area contributed by atoms with Crippen LogP contribution in [-0.2, 0) is 17.7 Å². The molecule has 3 aromatic rings. The molecule has 2 aliphatic heterocycles. The van der Waals surface area contributed by atoms with Crippen LogP contribution in [0.1, 0.15) is 64.1 Å². The van der Waals surface area contributed by atoms with Gasteiger partial charge in [-0.3, -0.25) is 0 Å². The number of fused-ring (bicyclic) bond motifs is 2. The predicted molar refractivity (Wildman–Crippen MR) is 180 cm³/mol. The summed E-state index contributed by atoms with van der Waals surface area (Å²) in [4.78, 5) is 31.9. The van der Waals surface area contributed by atoms with Crippen molar-refractivity contribution in [2.24, 2.45) is 0 Å². The van der Waals surface area contributed by atoms with Crippen LogP contribution in [0.5, 0.6) is 6.01 Å². The molecule has 1 amide bonds. The van der Waals surface area contributed by atoms with Crippen LogP contribution in [-0.4, -0.2) is 89.9 Å². The summed E-state index contributed by atoms with van der Waals surface area (Å²) in [6, 6.07) is 17.7. The van der Waals surface area contributed by atoms with Gasteiger partial charge in [0.15, 0.2) is 0 Å². The van der Waals surface area contributed by atoms with Gasteiger partial charge < -0.3 is 29.1 Å². The molecule has 3 heterocycles. The van der Waals surface area contributed by atoms with E-state index >= 15 is 0 Å². The summed E-state index contributed by atoms with van der Waals surface area (Å²) in [6.45, 7) is 8.60. The number of nitriles is 1. The summed E-state index contributed by atoms with van der Waals surface area (Å²) in [5, 5.41) is 12.2. The largest absolute Gasteiger partial charge is 0.458 e. The lowest BCUT2D eigenvalue weighted by Gasteiger charge is -2.42. The highest BCUT2D eigenvalue weighted by Gasteiger charge is 2.37. The normalized spacial score (nSPS) is 22.0. The van der Waals surface area contributed by atoms with Crippen molar-refractivity contribution in [3.05, 3.63) is 53.7 Å². The number of rotatable bonds is 6. The maximum atomic E-state index is 13.1. The average Bonchev–Trinajstić information content (AvgIpc) is 3.03. The van der Waals surface area contributed by atoms with E-state index in [4.69, 9.17) is 19.4 Å². The Morgan fingerprint density at radius 1 is 1.02 bits per heavy atom. The number of hydrogen-bond acceptors (Lipinski definition) is 9. The van der Waals surface area contributed by atoms with Crippen LogP contribution in [0.4, 0.5) is 16.3 Å². The number of nitrogens with zero attached hydrogens (tertiary/aromatic N) is 7. The van der Waals surface area contributed by atoms with Crippen molar-refractivity contribution >= 4 is 28.4 Å². The fraction of sp³-hybridized carbons (Fsp3) is 0.556. The number of aromatic nitrogens is 2. The van der Waals surface area contributed by atoms with E-state index in [1.54, 1.807) is 4.90 Å². The van der Waals surface area contributed by atoms with E-state index in [1.165, 1.54) is 22.9 Å². The van der Waals surface area contributed by atoms with Crippen molar-refractivity contribution in [1.29, 1.82) is 5.26 Å². The van der Waals surface area contributed by atoms with E-state index in [-0.39, 0.29) is 24.7 Å². The zero-order chi connectivity index (χ0) is 32.4. The molecule has 244 valence electrons. The molecule has 10 heteroatoms. The highest BCUT2D eigenvalue weighted by Crippen LogP contribution is 2.36. The predicted octanol–water partition coefficient (Wildman–Crippen LogP) is 5.78. The quantitative estimate of drug-likeness (QED) is 0.338. The minimum atomic E-state index is -0.608. The van der Waals surface area contributed by atoms with E-state index in [0.29, 0.717) is 38.2 Å². The van der Waals surface area contributed by atoms with Gasteiger partial charge in [-0.2, -0.15) is 15.2 Å². The van der Waals surface area contributed by atoms with Crippen LogP contribution in [0.15, 0.2) is 42.5 Å². The first kappa shape index (κ1) is 31.9. The van der Waals surface area contributed by atoms with Gasteiger partial charge in [0.05, 0.1) is 30.8 Å². The molecule has 2 unspecified atom stereocenters. The first-order valence-corrected chi connectivity index (χ1v) is 16.7. The van der Waals surface area contributed by atoms with Crippen LogP contribution in [0.3, 0.4) is 0 Å². The van der Waals surface area contributed by atoms with E-state index < -0.39 is 5.60 Å². The number of anilines is 2. The number of ether oxygens (including phenoxy) is 2. The van der Waals surface area contributed by atoms with Crippen molar-refractivity contribution < 1.29 is 14.3 Å². The minimum absolute atomic E-state index is 0.0164. The molecule has 0 spiro atoms. The van der Waals surface area contributed by atoms with Gasteiger partial charge in [0.1, 0.15) is 17.5 Å². The van der Waals surface area contributed by atoms with Gasteiger partial charge >= 0.3 is 12.1 Å². The van der Waals surface area contributed by atoms with E-state index in [1.807, 2.05) is 20.8 Å². The monoisotopic (exact) mass is 625 g/mol. The molecule has 6 rings (SSSR count). The third-order valence-corrected chi connectivity index (χ3v) is 9.46. The molecule has 46 heavy (non-hydrogen) atoms. The molecular weight excluding hydrogens is 578 g/mol. The summed E-state index contributed by atoms with van der Waals surface area (Å²) in [5.41, 5.74) is 2.69. The van der Waals surface area contributed by atoms with Crippen LogP contribution >= 0.6 is 0 Å². The number of likely N-dealkylation sites (N-methyl/N-ethyl adjacent to an activating group) is 1. The Labute approximate surface area is 272 Å². The number of carbonyl (C=O) groups is 1. The second-order valence-corrected chi connectivity index (χ2v) is 14.0. The first-order chi connectivity index (χ1) is 22.1. The van der Waals surface area contributed by atoms with E-state index in [0.717, 1.165) is 49.3 Å². The van der Waals surface area contributed by atoms with E-state index in [9.17, 15) is 10.1 Å². The topological polar surface area (TPSA) is 98.1 Å². The minimum Gasteiger partial charge on any atom is -0.458 e. The third-order valence-electron chi connectivity index (χ3n) is 9.46. The van der Waals surface area contributed by atoms with Gasteiger partial charge in [-0.25, -0.2) is 4.79 Å². The zero-order valence-electron chi connectivity index (χ0n) is 27.9. The van der Waals surface area contributed by atoms with Crippen molar-refractivity contribution in [1.82, 2.24) is 19.8 Å². The molecule has 1 saturated carbocycles. The maximum absolute atomic E-state index is 13.1. The fourth-order valence-electron chi connectivity index (χ4n) is 7.22. The van der Waals surface area contributed by atoms with Crippen molar-refractivity contribution in [3.8, 4) is 12.1 Å². The van der Waals surface area contributed by atoms with Gasteiger partial charge in [-0.05, 0) is 72.0 Å². The standard InChI is InChI=1S/C36H47N7O3/c1-36(2,3)46-35(44)43-22-21-42(23-26(43)17-19-37)33-28-18-20-41(30-15-10-12-25-11-6-7-13-27(25)30)24-29(28)38-34(39-33)45-32-16-9-8-14-31(32)40(4)5/h6-7,10-13,15,26,31-32H,8-9,14,16-18,20-24H2,1-5H3/t26?,31?,32-/m0/s1. The highest BCUT2D eigenvalue weighted by atomic mass is 16.6. The zero-order valence-corrected chi connectivity index (χ0v) is 27.9. The number of benzene rings is 2. The second kappa shape index (κ2) is 13.3. The lowest BCUT2D eigenvalue weighted by Crippen LogP contribution is -2.56. The first-order valence-electron chi connectivity index (χ1n) is 16.7. The number of carbonyl (C=O) groups excluding carboxylic acids is 1. The smallest absolute Gasteiger partial charge is 0.410 e. The van der Waals surface area contributed by atoms with Crippen molar-refractivity contribution in [2.45, 2.75) is 89.6 Å². The van der Waals surface area contributed by atoms with Gasteiger partial charge in [0.25, 0.3) is 0 Å². The maximum Gasteiger partial charge on any atom is 0.410 e. The molecule has 0 bridgehead atoms. The average molecular weight is 626 g/mol. The molecule has 1 aromatic heterocycles. The summed E-state index contributed by atoms with van der Waals surface area (Å²) in [7, 11) is 4.24. The Morgan fingerprint density at radius 3 is 2.59 bits per heavy atom. The van der Waals surface area contributed by atoms with Crippen molar-refractivity contribution in [3.63, 3.8) is 0 Å². The molecule has 1 saturated heterocycles.